The fourth-order valence-corrected chi connectivity index (χ4v) is 4.63. The van der Waals surface area contributed by atoms with Gasteiger partial charge in [-0.15, -0.1) is 0 Å². The lowest BCUT2D eigenvalue weighted by Gasteiger charge is -2.39. The average Bonchev–Trinajstić information content (AvgIpc) is 3.58. The molecule has 1 fully saturated rings. The maximum absolute atomic E-state index is 14.6. The van der Waals surface area contributed by atoms with Crippen LogP contribution in [-0.4, -0.2) is 81.4 Å². The number of hydrogen-bond donors (Lipinski definition) is 1. The van der Waals surface area contributed by atoms with E-state index in [9.17, 15) is 23.2 Å². The summed E-state index contributed by atoms with van der Waals surface area (Å²) in [6.07, 6.45) is 3.26. The number of benzene rings is 1. The molecule has 3 aromatic rings. The minimum Gasteiger partial charge on any atom is -0.475 e. The van der Waals surface area contributed by atoms with Gasteiger partial charge in [0.25, 0.3) is 0 Å². The van der Waals surface area contributed by atoms with Crippen molar-refractivity contribution in [3.63, 3.8) is 0 Å². The first-order chi connectivity index (χ1) is 17.7. The van der Waals surface area contributed by atoms with Crippen molar-refractivity contribution < 1.29 is 32.7 Å². The van der Waals surface area contributed by atoms with Crippen LogP contribution >= 0.6 is 0 Å². The fraction of sp³-hybridized carbons (Fsp3) is 0.346. The fourth-order valence-electron chi connectivity index (χ4n) is 4.63. The number of rotatable bonds is 4. The van der Waals surface area contributed by atoms with Gasteiger partial charge in [-0.2, -0.15) is 0 Å². The molecule has 1 atom stereocenters. The molecule has 4 heterocycles. The first-order valence-corrected chi connectivity index (χ1v) is 11.9. The van der Waals surface area contributed by atoms with Crippen LogP contribution in [0, 0.1) is 11.6 Å². The summed E-state index contributed by atoms with van der Waals surface area (Å²) in [5, 5.41) is 8.18. The lowest BCUT2D eigenvalue weighted by atomic mass is 9.99. The zero-order valence-corrected chi connectivity index (χ0v) is 20.3. The van der Waals surface area contributed by atoms with Crippen molar-refractivity contribution in [1.82, 2.24) is 19.3 Å². The minimum atomic E-state index is -1.03. The molecule has 0 saturated carbocycles. The van der Waals surface area contributed by atoms with Crippen molar-refractivity contribution in [2.24, 2.45) is 0 Å². The van der Waals surface area contributed by atoms with E-state index in [2.05, 4.69) is 4.42 Å². The number of furan rings is 1. The number of carbonyl (C=O) groups excluding carboxylic acids is 2. The predicted octanol–water partition coefficient (Wildman–Crippen LogP) is 2.84. The Morgan fingerprint density at radius 3 is 2.30 bits per heavy atom. The molecular formula is C26H28F2N4O5. The van der Waals surface area contributed by atoms with Crippen LogP contribution in [0.1, 0.15) is 34.8 Å². The highest BCUT2D eigenvalue weighted by atomic mass is 19.1. The quantitative estimate of drug-likeness (QED) is 0.575. The van der Waals surface area contributed by atoms with Gasteiger partial charge in [-0.25, -0.2) is 13.6 Å². The second-order valence-electron chi connectivity index (χ2n) is 8.83. The van der Waals surface area contributed by atoms with E-state index < -0.39 is 23.6 Å². The number of carboxylic acid groups (broad SMARTS) is 1. The van der Waals surface area contributed by atoms with Crippen LogP contribution in [0.4, 0.5) is 8.78 Å². The SMILES string of the molecule is CC(=O)N1CCN(C(=O)CN2CCn3cccc3C2c2ccc(F)cc2F)CC1.O=C(O)c1ccco1. The van der Waals surface area contributed by atoms with Gasteiger partial charge in [0.05, 0.1) is 18.8 Å². The Labute approximate surface area is 212 Å². The maximum Gasteiger partial charge on any atom is 0.371 e. The lowest BCUT2D eigenvalue weighted by Crippen LogP contribution is -2.53. The first-order valence-electron chi connectivity index (χ1n) is 11.9. The van der Waals surface area contributed by atoms with Gasteiger partial charge >= 0.3 is 5.97 Å². The molecule has 0 bridgehead atoms. The molecule has 11 heteroatoms. The smallest absolute Gasteiger partial charge is 0.371 e. The van der Waals surface area contributed by atoms with E-state index in [4.69, 9.17) is 5.11 Å². The van der Waals surface area contributed by atoms with Crippen LogP contribution < -0.4 is 0 Å². The molecule has 2 aliphatic rings. The van der Waals surface area contributed by atoms with Crippen LogP contribution in [0.2, 0.25) is 0 Å². The first kappa shape index (κ1) is 26.1. The van der Waals surface area contributed by atoms with Crippen LogP contribution in [0.5, 0.6) is 0 Å². The van der Waals surface area contributed by atoms with Crippen LogP contribution in [0.3, 0.4) is 0 Å². The summed E-state index contributed by atoms with van der Waals surface area (Å²) in [7, 11) is 0. The summed E-state index contributed by atoms with van der Waals surface area (Å²) in [6, 6.07) is 9.87. The summed E-state index contributed by atoms with van der Waals surface area (Å²) in [4.78, 5) is 39.8. The summed E-state index contributed by atoms with van der Waals surface area (Å²) in [5.41, 5.74) is 1.25. The van der Waals surface area contributed by atoms with Gasteiger partial charge in [0.1, 0.15) is 11.6 Å². The summed E-state index contributed by atoms with van der Waals surface area (Å²) < 4.78 is 34.6. The molecular weight excluding hydrogens is 486 g/mol. The highest BCUT2D eigenvalue weighted by Crippen LogP contribution is 2.34. The topological polar surface area (TPSA) is 99.2 Å². The molecule has 37 heavy (non-hydrogen) atoms. The number of amides is 2. The van der Waals surface area contributed by atoms with Gasteiger partial charge in [0.2, 0.25) is 17.6 Å². The Morgan fingerprint density at radius 2 is 1.70 bits per heavy atom. The van der Waals surface area contributed by atoms with Crippen molar-refractivity contribution in [3.8, 4) is 0 Å². The summed E-state index contributed by atoms with van der Waals surface area (Å²) in [5.74, 6) is -2.32. The molecule has 2 aliphatic heterocycles. The summed E-state index contributed by atoms with van der Waals surface area (Å²) in [6.45, 7) is 5.01. The van der Waals surface area contributed by atoms with Gasteiger partial charge < -0.3 is 23.9 Å². The number of halogens is 2. The van der Waals surface area contributed by atoms with Gasteiger partial charge in [-0.05, 0) is 30.3 Å². The van der Waals surface area contributed by atoms with E-state index in [1.165, 1.54) is 37.5 Å². The van der Waals surface area contributed by atoms with E-state index in [-0.39, 0.29) is 24.1 Å². The molecule has 1 unspecified atom stereocenters. The number of hydrogen-bond acceptors (Lipinski definition) is 5. The van der Waals surface area contributed by atoms with Crippen molar-refractivity contribution in [2.75, 3.05) is 39.3 Å². The van der Waals surface area contributed by atoms with Gasteiger partial charge in [-0.1, -0.05) is 6.07 Å². The number of carboxylic acids is 1. The molecule has 196 valence electrons. The zero-order valence-electron chi connectivity index (χ0n) is 20.3. The average molecular weight is 515 g/mol. The molecule has 0 spiro atoms. The molecule has 5 rings (SSSR count). The molecule has 1 saturated heterocycles. The van der Waals surface area contributed by atoms with E-state index in [1.54, 1.807) is 9.80 Å². The standard InChI is InChI=1S/C21H24F2N4O2.C5H4O3/c1-15(28)24-7-10-26(11-8-24)20(29)14-27-12-9-25-6-2-3-19(25)21(27)17-5-4-16(22)13-18(17)23;6-5(7)4-2-1-3-8-4/h2-6,13,21H,7-12,14H2,1H3;1-3H,(H,6,7). The molecule has 1 N–H and O–H groups in total. The van der Waals surface area contributed by atoms with Gasteiger partial charge in [-0.3, -0.25) is 14.5 Å². The Morgan fingerprint density at radius 1 is 0.973 bits per heavy atom. The number of piperazine rings is 1. The number of nitrogens with zero attached hydrogens (tertiary/aromatic N) is 4. The van der Waals surface area contributed by atoms with Crippen molar-refractivity contribution >= 4 is 17.8 Å². The number of carbonyl (C=O) groups is 3. The Kier molecular flexibility index (Phi) is 8.02. The highest BCUT2D eigenvalue weighted by Gasteiger charge is 2.33. The number of aromatic nitrogens is 1. The second-order valence-corrected chi connectivity index (χ2v) is 8.83. The van der Waals surface area contributed by atoms with Crippen molar-refractivity contribution in [3.05, 3.63) is 83.6 Å². The van der Waals surface area contributed by atoms with Crippen LogP contribution in [-0.2, 0) is 16.1 Å². The normalized spacial score (nSPS) is 17.5. The van der Waals surface area contributed by atoms with E-state index >= 15 is 0 Å². The molecule has 2 amide bonds. The van der Waals surface area contributed by atoms with Gasteiger partial charge in [0.15, 0.2) is 0 Å². The monoisotopic (exact) mass is 514 g/mol. The van der Waals surface area contributed by atoms with E-state index in [1.807, 2.05) is 27.8 Å². The Balaban J connectivity index is 0.000000342. The van der Waals surface area contributed by atoms with Crippen LogP contribution in [0.15, 0.2) is 59.3 Å². The molecule has 9 nitrogen and oxygen atoms in total. The van der Waals surface area contributed by atoms with E-state index in [0.717, 1.165) is 11.8 Å². The maximum atomic E-state index is 14.6. The predicted molar refractivity (Wildman–Crippen MR) is 129 cm³/mol. The third kappa shape index (κ3) is 6.05. The number of aromatic carboxylic acids is 1. The van der Waals surface area contributed by atoms with Crippen molar-refractivity contribution in [2.45, 2.75) is 19.5 Å². The third-order valence-corrected chi connectivity index (χ3v) is 6.54. The third-order valence-electron chi connectivity index (χ3n) is 6.54. The van der Waals surface area contributed by atoms with Gasteiger partial charge in [0, 0.05) is 69.7 Å². The highest BCUT2D eigenvalue weighted by molar-refractivity contribution is 5.84. The molecule has 2 aromatic heterocycles. The molecule has 0 aliphatic carbocycles. The molecule has 0 radical (unpaired) electrons. The Hall–Kier alpha value is -3.99. The largest absolute Gasteiger partial charge is 0.475 e. The molecule has 1 aromatic carbocycles. The number of fused-ring (bicyclic) bond motifs is 1. The Bertz CT molecular complexity index is 1250. The van der Waals surface area contributed by atoms with Crippen LogP contribution in [0.25, 0.3) is 0 Å². The lowest BCUT2D eigenvalue weighted by molar-refractivity contribution is -0.139. The zero-order chi connectivity index (χ0) is 26.5. The van der Waals surface area contributed by atoms with E-state index in [0.29, 0.717) is 44.8 Å². The minimum absolute atomic E-state index is 0.0146. The summed E-state index contributed by atoms with van der Waals surface area (Å²) >= 11 is 0. The second kappa shape index (κ2) is 11.4. The van der Waals surface area contributed by atoms with Crippen molar-refractivity contribution in [1.29, 1.82) is 0 Å².